The van der Waals surface area contributed by atoms with Crippen molar-refractivity contribution < 1.29 is 54.0 Å². The zero-order valence-electron chi connectivity index (χ0n) is 15.2. The van der Waals surface area contributed by atoms with Gasteiger partial charge >= 0.3 is 5.97 Å². The fourth-order valence-corrected chi connectivity index (χ4v) is 4.53. The minimum Gasteiger partial charge on any atom is -0.471 e. The summed E-state index contributed by atoms with van der Waals surface area (Å²) in [5.41, 5.74) is -0.679. The van der Waals surface area contributed by atoms with Crippen LogP contribution in [0.2, 0.25) is 0 Å². The van der Waals surface area contributed by atoms with E-state index in [4.69, 9.17) is 23.7 Å². The Balaban J connectivity index is 1.58. The molecule has 0 amide bonds. The second kappa shape index (κ2) is 6.89. The highest BCUT2D eigenvalue weighted by molar-refractivity contribution is 5.89. The number of hydrogen-bond acceptors (Lipinski definition) is 11. The molecule has 28 heavy (non-hydrogen) atoms. The van der Waals surface area contributed by atoms with Gasteiger partial charge in [-0.3, -0.25) is 0 Å². The van der Waals surface area contributed by atoms with Crippen LogP contribution in [0.5, 0.6) is 0 Å². The van der Waals surface area contributed by atoms with E-state index in [9.17, 15) is 30.3 Å². The van der Waals surface area contributed by atoms with Crippen LogP contribution in [0.1, 0.15) is 6.92 Å². The normalized spacial score (nSPS) is 52.2. The molecule has 0 spiro atoms. The van der Waals surface area contributed by atoms with Crippen molar-refractivity contribution >= 4 is 5.97 Å². The van der Waals surface area contributed by atoms with E-state index in [-0.39, 0.29) is 5.57 Å². The van der Waals surface area contributed by atoms with Crippen LogP contribution < -0.4 is 0 Å². The summed E-state index contributed by atoms with van der Waals surface area (Å²) < 4.78 is 27.0. The summed E-state index contributed by atoms with van der Waals surface area (Å²) >= 11 is 0. The quantitative estimate of drug-likeness (QED) is 0.239. The van der Waals surface area contributed by atoms with Gasteiger partial charge in [-0.1, -0.05) is 0 Å². The van der Waals surface area contributed by atoms with Gasteiger partial charge < -0.3 is 49.2 Å². The highest BCUT2D eigenvalue weighted by Crippen LogP contribution is 2.61. The second-order valence-corrected chi connectivity index (χ2v) is 7.67. The lowest BCUT2D eigenvalue weighted by atomic mass is 9.81. The monoisotopic (exact) mass is 404 g/mol. The largest absolute Gasteiger partial charge is 0.471 e. The number of rotatable bonds is 4. The maximum atomic E-state index is 12.1. The van der Waals surface area contributed by atoms with Gasteiger partial charge in [0, 0.05) is 5.92 Å². The zero-order chi connectivity index (χ0) is 20.4. The molecule has 0 bridgehead atoms. The molecule has 0 radical (unpaired) electrons. The van der Waals surface area contributed by atoms with Gasteiger partial charge in [0.2, 0.25) is 6.29 Å². The van der Waals surface area contributed by atoms with Crippen LogP contribution in [0, 0.1) is 11.8 Å². The van der Waals surface area contributed by atoms with Gasteiger partial charge in [0.15, 0.2) is 6.29 Å². The smallest absolute Gasteiger partial charge is 0.337 e. The molecule has 11 heteroatoms. The average Bonchev–Trinajstić information content (AvgIpc) is 3.33. The summed E-state index contributed by atoms with van der Waals surface area (Å²) in [4.78, 5) is 12.1. The Kier molecular flexibility index (Phi) is 4.91. The van der Waals surface area contributed by atoms with Crippen LogP contribution in [0.4, 0.5) is 0 Å². The van der Waals surface area contributed by atoms with Crippen LogP contribution in [-0.2, 0) is 28.5 Å². The molecule has 4 aliphatic rings. The molecule has 0 aromatic heterocycles. The van der Waals surface area contributed by atoms with Crippen molar-refractivity contribution in [3.05, 3.63) is 11.8 Å². The molecule has 5 N–H and O–H groups in total. The number of esters is 1. The van der Waals surface area contributed by atoms with Gasteiger partial charge in [0.05, 0.1) is 37.6 Å². The number of carbonyl (C=O) groups is 1. The van der Waals surface area contributed by atoms with E-state index in [1.807, 2.05) is 0 Å². The predicted molar refractivity (Wildman–Crippen MR) is 86.1 cm³/mol. The molecule has 3 aliphatic heterocycles. The summed E-state index contributed by atoms with van der Waals surface area (Å²) in [5, 5.41) is 49.9. The van der Waals surface area contributed by atoms with Gasteiger partial charge in [0.1, 0.15) is 36.1 Å². The van der Waals surface area contributed by atoms with Crippen LogP contribution in [0.3, 0.4) is 0 Å². The predicted octanol–water partition coefficient (Wildman–Crippen LogP) is -3.02. The summed E-state index contributed by atoms with van der Waals surface area (Å²) in [6.45, 7) is 1.15. The molecule has 11 atom stereocenters. The van der Waals surface area contributed by atoms with Crippen LogP contribution in [-0.4, -0.2) is 100 Å². The number of epoxide rings is 1. The number of carbonyl (C=O) groups excluding carboxylic acids is 1. The van der Waals surface area contributed by atoms with Gasteiger partial charge in [-0.05, 0) is 6.92 Å². The second-order valence-electron chi connectivity index (χ2n) is 7.67. The van der Waals surface area contributed by atoms with Crippen molar-refractivity contribution in [3.8, 4) is 0 Å². The first kappa shape index (κ1) is 20.0. The molecular formula is C17H24O11. The van der Waals surface area contributed by atoms with Crippen LogP contribution in [0.25, 0.3) is 0 Å². The molecule has 3 fully saturated rings. The minimum atomic E-state index is -1.61. The minimum absolute atomic E-state index is 0.144. The standard InChI is InChI=1S/C17H24O11/c1-17-8-7(10(20)13(17)28-17)5(14(23)24-2)4-25-15(8)27-16-12(22)11(21)9(19)6(3-18)26-16/h4,6-13,15-16,18-22H,3H2,1-2H3/t6-,7-,8-,9-,10+,11+,12-,13+,15+,16+,17-/m1/s1. The Morgan fingerprint density at radius 1 is 1.14 bits per heavy atom. The molecule has 3 heterocycles. The lowest BCUT2D eigenvalue weighted by Crippen LogP contribution is -2.60. The fraction of sp³-hybridized carbons (Fsp3) is 0.824. The zero-order valence-corrected chi connectivity index (χ0v) is 15.2. The van der Waals surface area contributed by atoms with Crippen LogP contribution in [0.15, 0.2) is 11.8 Å². The molecular weight excluding hydrogens is 380 g/mol. The molecule has 0 aromatic rings. The van der Waals surface area contributed by atoms with E-state index >= 15 is 0 Å². The molecule has 4 rings (SSSR count). The SMILES string of the molecule is COC(=O)C1=CO[C@@H](O[C@@H]2O[C@H](CO)[C@@H](O)[C@H](O)[C@H]2O)[C@H]2[C@@H]1[C@H](O)[C@@H]1O[C@]21C. The lowest BCUT2D eigenvalue weighted by molar-refractivity contribution is -0.344. The maximum Gasteiger partial charge on any atom is 0.337 e. The summed E-state index contributed by atoms with van der Waals surface area (Å²) in [5.74, 6) is -1.95. The molecule has 0 aromatic carbocycles. The van der Waals surface area contributed by atoms with Crippen LogP contribution >= 0.6 is 0 Å². The number of aliphatic hydroxyl groups is 5. The number of hydrogen-bond donors (Lipinski definition) is 5. The molecule has 1 saturated carbocycles. The Bertz CT molecular complexity index is 665. The van der Waals surface area contributed by atoms with E-state index in [1.165, 1.54) is 7.11 Å². The van der Waals surface area contributed by atoms with E-state index in [0.29, 0.717) is 0 Å². The fourth-order valence-electron chi connectivity index (χ4n) is 4.53. The third-order valence-electron chi connectivity index (χ3n) is 6.13. The van der Waals surface area contributed by atoms with E-state index < -0.39 is 79.2 Å². The van der Waals surface area contributed by atoms with Gasteiger partial charge in [0.25, 0.3) is 0 Å². The Hall–Kier alpha value is -1.31. The molecule has 1 aliphatic carbocycles. The Labute approximate surface area is 160 Å². The van der Waals surface area contributed by atoms with E-state index in [2.05, 4.69) is 0 Å². The number of ether oxygens (including phenoxy) is 5. The highest BCUT2D eigenvalue weighted by atomic mass is 16.8. The summed E-state index contributed by atoms with van der Waals surface area (Å²) in [6.07, 6.45) is -8.75. The number of aliphatic hydroxyl groups excluding tert-OH is 5. The third kappa shape index (κ3) is 2.77. The highest BCUT2D eigenvalue weighted by Gasteiger charge is 2.75. The van der Waals surface area contributed by atoms with Crippen molar-refractivity contribution in [1.29, 1.82) is 0 Å². The Morgan fingerprint density at radius 3 is 2.50 bits per heavy atom. The van der Waals surface area contributed by atoms with Gasteiger partial charge in [-0.2, -0.15) is 0 Å². The first-order valence-electron chi connectivity index (χ1n) is 9.00. The average molecular weight is 404 g/mol. The van der Waals surface area contributed by atoms with Gasteiger partial charge in [-0.15, -0.1) is 0 Å². The topological polar surface area (TPSA) is 168 Å². The molecule has 0 unspecified atom stereocenters. The van der Waals surface area contributed by atoms with Crippen molar-refractivity contribution in [1.82, 2.24) is 0 Å². The van der Waals surface area contributed by atoms with Crippen molar-refractivity contribution in [3.63, 3.8) is 0 Å². The summed E-state index contributed by atoms with van der Waals surface area (Å²) in [6, 6.07) is 0. The molecule has 11 nitrogen and oxygen atoms in total. The molecule has 158 valence electrons. The first-order valence-corrected chi connectivity index (χ1v) is 9.00. The van der Waals surface area contributed by atoms with Gasteiger partial charge in [-0.25, -0.2) is 4.79 Å². The Morgan fingerprint density at radius 2 is 1.86 bits per heavy atom. The van der Waals surface area contributed by atoms with Crippen molar-refractivity contribution in [2.24, 2.45) is 11.8 Å². The number of fused-ring (bicyclic) bond motifs is 3. The van der Waals surface area contributed by atoms with Crippen molar-refractivity contribution in [2.75, 3.05) is 13.7 Å². The third-order valence-corrected chi connectivity index (χ3v) is 6.13. The first-order chi connectivity index (χ1) is 13.2. The van der Waals surface area contributed by atoms with E-state index in [0.717, 1.165) is 6.26 Å². The van der Waals surface area contributed by atoms with Crippen molar-refractivity contribution in [2.45, 2.75) is 61.7 Å². The maximum absolute atomic E-state index is 12.1. The van der Waals surface area contributed by atoms with E-state index in [1.54, 1.807) is 6.92 Å². The summed E-state index contributed by atoms with van der Waals surface area (Å²) in [7, 11) is 1.22. The number of methoxy groups -OCH3 is 1. The molecule has 2 saturated heterocycles. The lowest BCUT2D eigenvalue weighted by Gasteiger charge is -2.43.